The number of nitrogens with one attached hydrogen (secondary N) is 3. The smallest absolute Gasteiger partial charge is 0.404 e. The molecule has 9 nitrogen and oxygen atoms in total. The summed E-state index contributed by atoms with van der Waals surface area (Å²) in [4.78, 5) is 12.3. The van der Waals surface area contributed by atoms with E-state index in [2.05, 4.69) is 25.6 Å². The Balaban J connectivity index is 1.60. The van der Waals surface area contributed by atoms with Gasteiger partial charge in [-0.2, -0.15) is 17.6 Å². The molecule has 0 spiro atoms. The highest BCUT2D eigenvalue weighted by molar-refractivity contribution is 7.92. The zero-order valence-electron chi connectivity index (χ0n) is 19.6. The van der Waals surface area contributed by atoms with Crippen LogP contribution < -0.4 is 20.1 Å². The second-order valence-corrected chi connectivity index (χ2v) is 10.1. The van der Waals surface area contributed by atoms with E-state index >= 15 is 0 Å². The first kappa shape index (κ1) is 28.3. The zero-order chi connectivity index (χ0) is 28.4. The summed E-state index contributed by atoms with van der Waals surface area (Å²) in [5.41, 5.74) is -1.33. The van der Waals surface area contributed by atoms with Gasteiger partial charge in [-0.25, -0.2) is 36.5 Å². The van der Waals surface area contributed by atoms with Gasteiger partial charge in [-0.1, -0.05) is 0 Å². The van der Waals surface area contributed by atoms with Gasteiger partial charge in [0.2, 0.25) is 27.7 Å². The Hall–Kier alpha value is -3.73. The quantitative estimate of drug-likeness (QED) is 0.269. The van der Waals surface area contributed by atoms with Crippen molar-refractivity contribution in [3.05, 3.63) is 54.1 Å². The molecule has 3 aromatic rings. The molecule has 17 heteroatoms. The Labute approximate surface area is 216 Å². The van der Waals surface area contributed by atoms with Crippen LogP contribution >= 0.6 is 0 Å². The van der Waals surface area contributed by atoms with Crippen LogP contribution in [0.1, 0.15) is 6.42 Å². The predicted molar refractivity (Wildman–Crippen MR) is 125 cm³/mol. The van der Waals surface area contributed by atoms with Gasteiger partial charge >= 0.3 is 6.18 Å². The fourth-order valence-electron chi connectivity index (χ4n) is 3.68. The van der Waals surface area contributed by atoms with Crippen LogP contribution in [0.4, 0.5) is 42.4 Å². The number of nitrogens with zero attached hydrogens (tertiary/aromatic N) is 3. The van der Waals surface area contributed by atoms with Gasteiger partial charge in [-0.3, -0.25) is 4.72 Å². The third kappa shape index (κ3) is 7.23. The zero-order valence-corrected chi connectivity index (χ0v) is 20.4. The summed E-state index contributed by atoms with van der Waals surface area (Å²) in [5, 5.41) is 5.90. The van der Waals surface area contributed by atoms with E-state index in [9.17, 15) is 39.2 Å². The van der Waals surface area contributed by atoms with Gasteiger partial charge < -0.3 is 15.4 Å². The number of rotatable bonds is 8. The van der Waals surface area contributed by atoms with E-state index in [4.69, 9.17) is 4.74 Å². The van der Waals surface area contributed by atoms with Gasteiger partial charge in [-0.15, -0.1) is 0 Å². The van der Waals surface area contributed by atoms with E-state index in [1.807, 2.05) is 0 Å². The van der Waals surface area contributed by atoms with Crippen LogP contribution in [0.5, 0.6) is 11.6 Å². The second kappa shape index (κ2) is 11.2. The molecule has 4 rings (SSSR count). The van der Waals surface area contributed by atoms with E-state index < -0.39 is 57.0 Å². The molecule has 2 aromatic heterocycles. The minimum Gasteiger partial charge on any atom is -0.435 e. The predicted octanol–water partition coefficient (Wildman–Crippen LogP) is 4.16. The molecule has 0 amide bonds. The molecule has 210 valence electrons. The first-order valence-corrected chi connectivity index (χ1v) is 12.8. The third-order valence-electron chi connectivity index (χ3n) is 5.28. The van der Waals surface area contributed by atoms with Crippen LogP contribution in [0.15, 0.2) is 36.7 Å². The highest BCUT2D eigenvalue weighted by Crippen LogP contribution is 2.36. The molecule has 0 bridgehead atoms. The summed E-state index contributed by atoms with van der Waals surface area (Å²) in [6.45, 7) is 0.696. The highest BCUT2D eigenvalue weighted by atomic mass is 32.2. The molecule has 1 aliphatic heterocycles. The van der Waals surface area contributed by atoms with Crippen molar-refractivity contribution in [2.24, 2.45) is 0 Å². The number of halogens is 7. The lowest BCUT2D eigenvalue weighted by Gasteiger charge is -2.26. The van der Waals surface area contributed by atoms with Crippen LogP contribution in [0.25, 0.3) is 11.3 Å². The summed E-state index contributed by atoms with van der Waals surface area (Å²) < 4.78 is 124. The lowest BCUT2D eigenvalue weighted by atomic mass is 10.1. The summed E-state index contributed by atoms with van der Waals surface area (Å²) in [7, 11) is -5.31. The monoisotopic (exact) mass is 580 g/mol. The molecule has 1 aromatic carbocycles. The SMILES string of the molecule is O=S(=O)(CC(F)(F)F)Nc1c(F)cc(Oc2ncccc2-c2ccnc(NC3CNC[C@@H](F)C3)n2)c(F)c1F. The van der Waals surface area contributed by atoms with Crippen LogP contribution in [0.2, 0.25) is 0 Å². The van der Waals surface area contributed by atoms with Gasteiger partial charge in [0.25, 0.3) is 0 Å². The van der Waals surface area contributed by atoms with Gasteiger partial charge in [0, 0.05) is 44.0 Å². The van der Waals surface area contributed by atoms with Crippen molar-refractivity contribution in [3.63, 3.8) is 0 Å². The number of hydrogen-bond acceptors (Lipinski definition) is 8. The first-order valence-electron chi connectivity index (χ1n) is 11.1. The fraction of sp³-hybridized carbons (Fsp3) is 0.318. The number of hydrogen-bond donors (Lipinski definition) is 3. The molecule has 0 radical (unpaired) electrons. The van der Waals surface area contributed by atoms with Crippen LogP contribution in [0.3, 0.4) is 0 Å². The molecule has 0 aliphatic carbocycles. The molecule has 1 fully saturated rings. The average Bonchev–Trinajstić information content (AvgIpc) is 2.84. The van der Waals surface area contributed by atoms with Gasteiger partial charge in [-0.05, 0) is 18.2 Å². The standard InChI is InChI=1S/C22H19F7N6O3S/c23-11-6-12(9-30-8-11)33-21-32-5-3-15(34-21)13-2-1-4-31-20(13)38-16-7-14(24)19(18(26)17(16)25)35-39(36,37)10-22(27,28)29/h1-5,7,11-12,30,35H,6,8-10H2,(H,32,33,34)/t11-,12?/m0/s1. The van der Waals surface area contributed by atoms with E-state index in [-0.39, 0.29) is 48.2 Å². The fourth-order valence-corrected chi connectivity index (χ4v) is 4.68. The Morgan fingerprint density at radius 3 is 2.56 bits per heavy atom. The van der Waals surface area contributed by atoms with E-state index in [1.54, 1.807) is 0 Å². The number of alkyl halides is 4. The second-order valence-electron chi connectivity index (χ2n) is 8.39. The maximum atomic E-state index is 14.7. The molecular weight excluding hydrogens is 561 g/mol. The topological polar surface area (TPSA) is 118 Å². The summed E-state index contributed by atoms with van der Waals surface area (Å²) in [5.74, 6) is -9.53. The van der Waals surface area contributed by atoms with Gasteiger partial charge in [0.1, 0.15) is 11.9 Å². The Bertz CT molecular complexity index is 1460. The molecule has 1 aliphatic rings. The Morgan fingerprint density at radius 2 is 1.85 bits per heavy atom. The van der Waals surface area contributed by atoms with Crippen molar-refractivity contribution >= 4 is 21.7 Å². The maximum Gasteiger partial charge on any atom is 0.404 e. The number of piperidine rings is 1. The number of sulfonamides is 1. The molecular formula is C22H19F7N6O3S. The van der Waals surface area contributed by atoms with Crippen molar-refractivity contribution in [1.29, 1.82) is 0 Å². The average molecular weight is 580 g/mol. The Kier molecular flexibility index (Phi) is 8.10. The van der Waals surface area contributed by atoms with E-state index in [0.717, 1.165) is 4.72 Å². The maximum absolute atomic E-state index is 14.7. The van der Waals surface area contributed by atoms with Crippen LogP contribution in [-0.4, -0.2) is 60.6 Å². The molecule has 39 heavy (non-hydrogen) atoms. The first-order chi connectivity index (χ1) is 18.3. The van der Waals surface area contributed by atoms with Crippen molar-refractivity contribution in [1.82, 2.24) is 20.3 Å². The number of benzene rings is 1. The minimum absolute atomic E-state index is 0.127. The lowest BCUT2D eigenvalue weighted by molar-refractivity contribution is -0.106. The number of anilines is 2. The summed E-state index contributed by atoms with van der Waals surface area (Å²) >= 11 is 0. The highest BCUT2D eigenvalue weighted by Gasteiger charge is 2.36. The lowest BCUT2D eigenvalue weighted by Crippen LogP contribution is -2.44. The van der Waals surface area contributed by atoms with Crippen molar-refractivity contribution in [2.75, 3.05) is 28.9 Å². The van der Waals surface area contributed by atoms with Gasteiger partial charge in [0.15, 0.2) is 23.1 Å². The summed E-state index contributed by atoms with van der Waals surface area (Å²) in [6.07, 6.45) is -3.46. The minimum atomic E-state index is -5.31. The molecule has 3 heterocycles. The summed E-state index contributed by atoms with van der Waals surface area (Å²) in [6, 6.07) is 4.28. The van der Waals surface area contributed by atoms with E-state index in [1.165, 1.54) is 30.6 Å². The normalized spacial score (nSPS) is 18.0. The van der Waals surface area contributed by atoms with Crippen molar-refractivity contribution in [3.8, 4) is 22.9 Å². The molecule has 3 N–H and O–H groups in total. The number of pyridine rings is 1. The molecule has 1 unspecified atom stereocenters. The van der Waals surface area contributed by atoms with Crippen LogP contribution in [-0.2, 0) is 10.0 Å². The van der Waals surface area contributed by atoms with Crippen LogP contribution in [0, 0.1) is 17.5 Å². The Morgan fingerprint density at radius 1 is 1.08 bits per heavy atom. The number of aromatic nitrogens is 3. The van der Waals surface area contributed by atoms with Gasteiger partial charge in [0.05, 0.1) is 11.3 Å². The van der Waals surface area contributed by atoms with Crippen molar-refractivity contribution < 1.29 is 43.9 Å². The third-order valence-corrected chi connectivity index (χ3v) is 6.50. The van der Waals surface area contributed by atoms with Crippen molar-refractivity contribution in [2.45, 2.75) is 24.8 Å². The van der Waals surface area contributed by atoms with E-state index in [0.29, 0.717) is 6.54 Å². The molecule has 1 saturated heterocycles. The molecule has 0 saturated carbocycles. The molecule has 2 atom stereocenters. The number of ether oxygens (including phenoxy) is 1. The largest absolute Gasteiger partial charge is 0.435 e.